The van der Waals surface area contributed by atoms with Crippen LogP contribution in [0, 0.1) is 6.92 Å². The maximum absolute atomic E-state index is 12.9. The predicted molar refractivity (Wildman–Crippen MR) is 182 cm³/mol. The van der Waals surface area contributed by atoms with Crippen LogP contribution < -0.4 is 26.0 Å². The number of hydrogen-bond acceptors (Lipinski definition) is 5. The molecule has 2 aliphatic heterocycles. The molecule has 1 aromatic heterocycles. The second-order valence-corrected chi connectivity index (χ2v) is 12.2. The third-order valence-corrected chi connectivity index (χ3v) is 8.70. The van der Waals surface area contributed by atoms with E-state index < -0.39 is 0 Å². The first kappa shape index (κ1) is 29.2. The highest BCUT2D eigenvalue weighted by molar-refractivity contribution is 6.04. The maximum Gasteiger partial charge on any atom is 0.251 e. The average molecular weight is 614 g/mol. The summed E-state index contributed by atoms with van der Waals surface area (Å²) in [5.41, 5.74) is 9.86. The zero-order valence-electron chi connectivity index (χ0n) is 26.1. The number of aromatic amines is 1. The lowest BCUT2D eigenvalue weighted by atomic mass is 9.93. The number of H-pyrrole nitrogens is 1. The maximum atomic E-state index is 12.9. The third-order valence-electron chi connectivity index (χ3n) is 8.70. The van der Waals surface area contributed by atoms with Gasteiger partial charge in [0.25, 0.3) is 5.91 Å². The molecule has 46 heavy (non-hydrogen) atoms. The van der Waals surface area contributed by atoms with Gasteiger partial charge >= 0.3 is 0 Å². The van der Waals surface area contributed by atoms with Gasteiger partial charge < -0.3 is 31.0 Å². The van der Waals surface area contributed by atoms with Crippen molar-refractivity contribution in [2.45, 2.75) is 45.8 Å². The smallest absolute Gasteiger partial charge is 0.251 e. The van der Waals surface area contributed by atoms with Crippen molar-refractivity contribution in [1.29, 1.82) is 0 Å². The number of aryl methyl sites for hydroxylation is 1. The molecule has 232 valence electrons. The van der Waals surface area contributed by atoms with Crippen molar-refractivity contribution in [2.75, 3.05) is 23.0 Å². The van der Waals surface area contributed by atoms with Gasteiger partial charge in [-0.1, -0.05) is 30.3 Å². The first-order valence-corrected chi connectivity index (χ1v) is 15.5. The van der Waals surface area contributed by atoms with Gasteiger partial charge in [-0.05, 0) is 85.5 Å². The summed E-state index contributed by atoms with van der Waals surface area (Å²) in [5, 5.41) is 13.5. The largest absolute Gasteiger partial charge is 0.487 e. The number of anilines is 3. The number of nitrogens with one attached hydrogen (secondary N) is 5. The molecule has 4 aromatic carbocycles. The summed E-state index contributed by atoms with van der Waals surface area (Å²) >= 11 is 0. The Labute approximate surface area is 266 Å². The van der Waals surface area contributed by atoms with E-state index in [1.807, 2.05) is 56.3 Å². The van der Waals surface area contributed by atoms with Crippen molar-refractivity contribution in [3.63, 3.8) is 0 Å². The van der Waals surface area contributed by atoms with Crippen LogP contribution in [-0.4, -0.2) is 41.9 Å². The van der Waals surface area contributed by atoms with Gasteiger partial charge in [-0.15, -0.1) is 0 Å². The quantitative estimate of drug-likeness (QED) is 0.148. The molecule has 0 radical (unpaired) electrons. The van der Waals surface area contributed by atoms with E-state index in [1.165, 1.54) is 0 Å². The lowest BCUT2D eigenvalue weighted by Gasteiger charge is -2.21. The number of para-hydroxylation sites is 1. The van der Waals surface area contributed by atoms with Crippen LogP contribution in [0.2, 0.25) is 0 Å². The zero-order chi connectivity index (χ0) is 32.1. The SMILES string of the molecule is CNC(=O)c1ccc(-c2cc(-c3cc4c(c(-c5[nH]c6ccccc6c5C)c3)O[C@H](C)CC(=O)N4)cc3c2N[C@H](C)CC(=O)N3)cc1. The fourth-order valence-electron chi connectivity index (χ4n) is 6.47. The van der Waals surface area contributed by atoms with Crippen LogP contribution in [0.1, 0.15) is 42.6 Å². The standard InChI is InChI=1S/C37H35N5O4/c1-19-13-32(43)40-30-17-24(15-27(35(30)39-19)22-9-11-23(12-10-22)37(45)38-4)25-16-28(34-21(3)26-7-5-6-8-29(26)42-34)36-31(18-25)41-33(44)14-20(2)46-36/h5-12,15-20,39,42H,13-14H2,1-4H3,(H,38,45)(H,40,43)(H,41,44)/t19-,20-/m1/s1. The molecule has 3 amide bonds. The van der Waals surface area contributed by atoms with Gasteiger partial charge in [0, 0.05) is 47.1 Å². The molecule has 2 atom stereocenters. The Hall–Kier alpha value is -5.57. The molecular weight excluding hydrogens is 578 g/mol. The van der Waals surface area contributed by atoms with Crippen molar-refractivity contribution in [3.05, 3.63) is 83.9 Å². The highest BCUT2D eigenvalue weighted by atomic mass is 16.5. The van der Waals surface area contributed by atoms with Gasteiger partial charge in [-0.3, -0.25) is 14.4 Å². The third kappa shape index (κ3) is 5.23. The predicted octanol–water partition coefficient (Wildman–Crippen LogP) is 7.09. The van der Waals surface area contributed by atoms with Gasteiger partial charge in [0.1, 0.15) is 6.10 Å². The molecule has 0 saturated carbocycles. The number of amides is 3. The van der Waals surface area contributed by atoms with E-state index in [0.717, 1.165) is 55.7 Å². The minimum atomic E-state index is -0.310. The van der Waals surface area contributed by atoms with E-state index in [2.05, 4.69) is 51.4 Å². The van der Waals surface area contributed by atoms with Crippen molar-refractivity contribution >= 4 is 45.7 Å². The molecule has 9 heteroatoms. The molecule has 0 saturated heterocycles. The van der Waals surface area contributed by atoms with Crippen molar-refractivity contribution < 1.29 is 19.1 Å². The minimum Gasteiger partial charge on any atom is -0.487 e. The van der Waals surface area contributed by atoms with Crippen LogP contribution >= 0.6 is 0 Å². The second-order valence-electron chi connectivity index (χ2n) is 12.2. The van der Waals surface area contributed by atoms with Gasteiger partial charge in [0.05, 0.1) is 29.2 Å². The van der Waals surface area contributed by atoms with Crippen LogP contribution in [-0.2, 0) is 9.59 Å². The number of aromatic nitrogens is 1. The molecule has 5 aromatic rings. The Morgan fingerprint density at radius 2 is 1.50 bits per heavy atom. The molecule has 0 fully saturated rings. The van der Waals surface area contributed by atoms with E-state index in [1.54, 1.807) is 19.2 Å². The number of rotatable bonds is 4. The van der Waals surface area contributed by atoms with Crippen LogP contribution in [0.15, 0.2) is 72.8 Å². The number of ether oxygens (including phenoxy) is 1. The molecule has 3 heterocycles. The van der Waals surface area contributed by atoms with E-state index in [4.69, 9.17) is 4.74 Å². The van der Waals surface area contributed by atoms with Gasteiger partial charge in [0.2, 0.25) is 11.8 Å². The van der Waals surface area contributed by atoms with Gasteiger partial charge in [0.15, 0.2) is 5.75 Å². The van der Waals surface area contributed by atoms with E-state index >= 15 is 0 Å². The number of benzene rings is 4. The molecule has 0 bridgehead atoms. The number of hydrogen-bond donors (Lipinski definition) is 5. The summed E-state index contributed by atoms with van der Waals surface area (Å²) < 4.78 is 6.42. The summed E-state index contributed by atoms with van der Waals surface area (Å²) in [7, 11) is 1.60. The molecule has 5 N–H and O–H groups in total. The molecule has 0 spiro atoms. The zero-order valence-corrected chi connectivity index (χ0v) is 26.1. The number of carbonyl (C=O) groups is 3. The first-order chi connectivity index (χ1) is 22.2. The van der Waals surface area contributed by atoms with Crippen LogP contribution in [0.5, 0.6) is 5.75 Å². The van der Waals surface area contributed by atoms with E-state index in [9.17, 15) is 14.4 Å². The normalized spacial score (nSPS) is 17.4. The summed E-state index contributed by atoms with van der Waals surface area (Å²) in [5.74, 6) is 0.247. The summed E-state index contributed by atoms with van der Waals surface area (Å²) in [6.07, 6.45) is 0.249. The summed E-state index contributed by atoms with van der Waals surface area (Å²) in [6, 6.07) is 23.5. The molecular formula is C37H35N5O4. The minimum absolute atomic E-state index is 0.0808. The van der Waals surface area contributed by atoms with Crippen LogP contribution in [0.25, 0.3) is 44.4 Å². The number of fused-ring (bicyclic) bond motifs is 3. The highest BCUT2D eigenvalue weighted by Gasteiger charge is 2.27. The molecule has 0 unspecified atom stereocenters. The first-order valence-electron chi connectivity index (χ1n) is 15.5. The fourth-order valence-corrected chi connectivity index (χ4v) is 6.47. The lowest BCUT2D eigenvalue weighted by Crippen LogP contribution is -2.19. The molecule has 0 aliphatic carbocycles. The van der Waals surface area contributed by atoms with Crippen LogP contribution in [0.3, 0.4) is 0 Å². The second kappa shape index (κ2) is 11.4. The molecule has 2 aliphatic rings. The van der Waals surface area contributed by atoms with Gasteiger partial charge in [-0.25, -0.2) is 0 Å². The topological polar surface area (TPSA) is 124 Å². The van der Waals surface area contributed by atoms with Gasteiger partial charge in [-0.2, -0.15) is 0 Å². The van der Waals surface area contributed by atoms with Crippen LogP contribution in [0.4, 0.5) is 17.1 Å². The van der Waals surface area contributed by atoms with Crippen molar-refractivity contribution in [3.8, 4) is 39.3 Å². The Morgan fingerprint density at radius 1 is 0.826 bits per heavy atom. The Morgan fingerprint density at radius 3 is 2.24 bits per heavy atom. The highest BCUT2D eigenvalue weighted by Crippen LogP contribution is 2.47. The van der Waals surface area contributed by atoms with E-state index in [0.29, 0.717) is 29.1 Å². The summed E-state index contributed by atoms with van der Waals surface area (Å²) in [4.78, 5) is 41.7. The Bertz CT molecular complexity index is 2050. The number of carbonyl (C=O) groups excluding carboxylic acids is 3. The molecule has 7 rings (SSSR count). The average Bonchev–Trinajstić information content (AvgIpc) is 3.18. The molecule has 9 nitrogen and oxygen atoms in total. The Balaban J connectivity index is 1.46. The summed E-state index contributed by atoms with van der Waals surface area (Å²) in [6.45, 7) is 5.96. The van der Waals surface area contributed by atoms with Crippen molar-refractivity contribution in [2.24, 2.45) is 0 Å². The Kier molecular flexibility index (Phi) is 7.23. The van der Waals surface area contributed by atoms with Crippen molar-refractivity contribution in [1.82, 2.24) is 10.3 Å². The lowest BCUT2D eigenvalue weighted by molar-refractivity contribution is -0.117. The van der Waals surface area contributed by atoms with E-state index in [-0.39, 0.29) is 36.3 Å². The monoisotopic (exact) mass is 613 g/mol. The fraction of sp³-hybridized carbons (Fsp3) is 0.216.